The average Bonchev–Trinajstić information content (AvgIpc) is 3.21. The van der Waals surface area contributed by atoms with E-state index in [4.69, 9.17) is 4.74 Å². The number of benzene rings is 1. The Morgan fingerprint density at radius 2 is 1.91 bits per heavy atom. The fourth-order valence-electron chi connectivity index (χ4n) is 3.23. The number of nitrogens with zero attached hydrogens (tertiary/aromatic N) is 4. The summed E-state index contributed by atoms with van der Waals surface area (Å²) in [6, 6.07) is 11.7. The average molecular weight is 558 g/mol. The van der Waals surface area contributed by atoms with Crippen LogP contribution in [0.1, 0.15) is 17.0 Å². The van der Waals surface area contributed by atoms with E-state index in [1.807, 2.05) is 54.9 Å². The summed E-state index contributed by atoms with van der Waals surface area (Å²) in [5, 5.41) is 10.4. The lowest BCUT2D eigenvalue weighted by Gasteiger charge is -2.18. The zero-order chi connectivity index (χ0) is 21.0. The number of pyridine rings is 1. The van der Waals surface area contributed by atoms with E-state index >= 15 is 0 Å². The minimum atomic E-state index is 0. The third-order valence-corrected chi connectivity index (χ3v) is 6.57. The van der Waals surface area contributed by atoms with Crippen molar-refractivity contribution in [2.45, 2.75) is 29.8 Å². The van der Waals surface area contributed by atoms with Gasteiger partial charge in [-0.1, -0.05) is 30.0 Å². The Morgan fingerprint density at radius 1 is 1.09 bits per heavy atom. The fraction of sp³-hybridized carbons (Fsp3) is 0.182. The molecule has 0 atom stereocenters. The van der Waals surface area contributed by atoms with Gasteiger partial charge in [0, 0.05) is 47.6 Å². The van der Waals surface area contributed by atoms with Crippen molar-refractivity contribution in [1.82, 2.24) is 25.3 Å². The predicted octanol–water partition coefficient (Wildman–Crippen LogP) is 6.23. The Labute approximate surface area is 224 Å². The van der Waals surface area contributed by atoms with Crippen molar-refractivity contribution >= 4 is 71.3 Å². The lowest BCUT2D eigenvalue weighted by atomic mass is 10.1. The summed E-state index contributed by atoms with van der Waals surface area (Å²) >= 11 is 3.11. The normalized spacial score (nSPS) is 11.8. The first-order chi connectivity index (χ1) is 15.2. The lowest BCUT2D eigenvalue weighted by molar-refractivity contribution is 0.481. The molecule has 1 aromatic carbocycles. The van der Waals surface area contributed by atoms with Gasteiger partial charge in [0.25, 0.3) is 0 Å². The zero-order valence-corrected chi connectivity index (χ0v) is 22.1. The molecule has 0 aliphatic carbocycles. The molecule has 0 saturated carbocycles. The first-order valence-corrected chi connectivity index (χ1v) is 11.6. The standard InChI is InChI=1S/C22H20N6OS2.3ClH/c1-14-12-30-22(27-14)28-20-19(29-15-5-3-2-4-6-15)9-16(10-24-20)31-21-17-11-23-8-7-18(17)25-13-26-21;;;/h2-6,9-10,12-13,23H,7-8,11H2,1H3,(H,24,27,28);3*1H. The first-order valence-electron chi connectivity index (χ1n) is 9.88. The highest BCUT2D eigenvalue weighted by atomic mass is 35.5. The summed E-state index contributed by atoms with van der Waals surface area (Å²) in [7, 11) is 0. The Bertz CT molecular complexity index is 1210. The largest absolute Gasteiger partial charge is 0.453 e. The number of aromatic nitrogens is 4. The predicted molar refractivity (Wildman–Crippen MR) is 144 cm³/mol. The second kappa shape index (κ2) is 13.1. The smallest absolute Gasteiger partial charge is 0.188 e. The van der Waals surface area contributed by atoms with Gasteiger partial charge >= 0.3 is 0 Å². The third kappa shape index (κ3) is 6.71. The highest BCUT2D eigenvalue weighted by Crippen LogP contribution is 2.37. The molecule has 12 heteroatoms. The van der Waals surface area contributed by atoms with Gasteiger partial charge in [-0.3, -0.25) is 0 Å². The molecule has 4 aromatic rings. The number of hydrogen-bond donors (Lipinski definition) is 2. The van der Waals surface area contributed by atoms with Crippen LogP contribution in [0.2, 0.25) is 0 Å². The number of halogens is 3. The molecule has 0 bridgehead atoms. The number of fused-ring (bicyclic) bond motifs is 1. The molecule has 0 radical (unpaired) electrons. The number of rotatable bonds is 6. The first kappa shape index (κ1) is 28.1. The fourth-order valence-corrected chi connectivity index (χ4v) is 4.82. The summed E-state index contributed by atoms with van der Waals surface area (Å²) in [4.78, 5) is 19.0. The van der Waals surface area contributed by atoms with Crippen LogP contribution in [0.15, 0.2) is 64.2 Å². The number of hydrogen-bond acceptors (Lipinski definition) is 9. The van der Waals surface area contributed by atoms with E-state index in [2.05, 4.69) is 30.6 Å². The van der Waals surface area contributed by atoms with Gasteiger partial charge in [0.15, 0.2) is 16.7 Å². The molecule has 180 valence electrons. The molecule has 34 heavy (non-hydrogen) atoms. The second-order valence-electron chi connectivity index (χ2n) is 6.98. The van der Waals surface area contributed by atoms with E-state index in [1.54, 1.807) is 18.1 Å². The van der Waals surface area contributed by atoms with Crippen LogP contribution < -0.4 is 15.4 Å². The van der Waals surface area contributed by atoms with Crippen molar-refractivity contribution in [2.75, 3.05) is 11.9 Å². The van der Waals surface area contributed by atoms with Crippen molar-refractivity contribution in [1.29, 1.82) is 0 Å². The molecule has 4 heterocycles. The van der Waals surface area contributed by atoms with Gasteiger partial charge in [-0.05, 0) is 19.1 Å². The molecule has 3 aromatic heterocycles. The van der Waals surface area contributed by atoms with Crippen molar-refractivity contribution in [3.05, 3.63) is 71.3 Å². The maximum absolute atomic E-state index is 6.17. The monoisotopic (exact) mass is 556 g/mol. The quantitative estimate of drug-likeness (QED) is 0.270. The maximum atomic E-state index is 6.17. The molecule has 1 aliphatic rings. The number of nitrogens with one attached hydrogen (secondary N) is 2. The van der Waals surface area contributed by atoms with Gasteiger partial charge in [-0.15, -0.1) is 48.6 Å². The summed E-state index contributed by atoms with van der Waals surface area (Å²) in [5.74, 6) is 1.99. The van der Waals surface area contributed by atoms with Crippen LogP contribution in [-0.2, 0) is 13.0 Å². The van der Waals surface area contributed by atoms with E-state index in [0.717, 1.165) is 57.3 Å². The van der Waals surface area contributed by atoms with Gasteiger partial charge in [0.05, 0.1) is 11.4 Å². The number of para-hydroxylation sites is 1. The highest BCUT2D eigenvalue weighted by molar-refractivity contribution is 7.99. The molecule has 0 amide bonds. The summed E-state index contributed by atoms with van der Waals surface area (Å²) in [5.41, 5.74) is 3.24. The number of thiazole rings is 1. The van der Waals surface area contributed by atoms with Crippen molar-refractivity contribution < 1.29 is 4.74 Å². The molecule has 1 aliphatic heterocycles. The molecule has 0 unspecified atom stereocenters. The van der Waals surface area contributed by atoms with Crippen molar-refractivity contribution in [2.24, 2.45) is 0 Å². The van der Waals surface area contributed by atoms with E-state index in [-0.39, 0.29) is 37.2 Å². The SMILES string of the molecule is Cc1csc(Nc2ncc(Sc3ncnc4c3CNCC4)cc2Oc2ccccc2)n1.Cl.Cl.Cl. The Balaban J connectivity index is 0.00000136. The topological polar surface area (TPSA) is 84.9 Å². The highest BCUT2D eigenvalue weighted by Gasteiger charge is 2.17. The van der Waals surface area contributed by atoms with Crippen LogP contribution in [0.25, 0.3) is 0 Å². The van der Waals surface area contributed by atoms with Gasteiger partial charge < -0.3 is 15.4 Å². The molecule has 0 saturated heterocycles. The van der Waals surface area contributed by atoms with Crippen LogP contribution in [0, 0.1) is 6.92 Å². The lowest BCUT2D eigenvalue weighted by Crippen LogP contribution is -2.25. The third-order valence-electron chi connectivity index (χ3n) is 4.69. The van der Waals surface area contributed by atoms with Crippen LogP contribution in [0.3, 0.4) is 0 Å². The maximum Gasteiger partial charge on any atom is 0.188 e. The summed E-state index contributed by atoms with van der Waals surface area (Å²) < 4.78 is 6.17. The molecule has 5 rings (SSSR count). The summed E-state index contributed by atoms with van der Waals surface area (Å²) in [6.45, 7) is 3.69. The van der Waals surface area contributed by atoms with Gasteiger partial charge in [0.2, 0.25) is 0 Å². The molecular formula is C22H23Cl3N6OS2. The minimum absolute atomic E-state index is 0. The Kier molecular flexibility index (Phi) is 10.8. The number of ether oxygens (including phenoxy) is 1. The molecule has 2 N–H and O–H groups in total. The van der Waals surface area contributed by atoms with E-state index in [9.17, 15) is 0 Å². The minimum Gasteiger partial charge on any atom is -0.453 e. The molecule has 7 nitrogen and oxygen atoms in total. The molecular weight excluding hydrogens is 535 g/mol. The Morgan fingerprint density at radius 3 is 2.68 bits per heavy atom. The van der Waals surface area contributed by atoms with E-state index < -0.39 is 0 Å². The number of aryl methyl sites for hydroxylation is 1. The van der Waals surface area contributed by atoms with Crippen molar-refractivity contribution in [3.63, 3.8) is 0 Å². The van der Waals surface area contributed by atoms with Crippen LogP contribution >= 0.6 is 60.3 Å². The zero-order valence-electron chi connectivity index (χ0n) is 18.1. The molecule has 0 fully saturated rings. The second-order valence-corrected chi connectivity index (χ2v) is 8.91. The summed E-state index contributed by atoms with van der Waals surface area (Å²) in [6.07, 6.45) is 4.39. The Hall–Kier alpha value is -2.14. The van der Waals surface area contributed by atoms with Crippen LogP contribution in [-0.4, -0.2) is 26.5 Å². The number of anilines is 2. The van der Waals surface area contributed by atoms with Gasteiger partial charge in [-0.25, -0.2) is 19.9 Å². The van der Waals surface area contributed by atoms with Crippen LogP contribution in [0.5, 0.6) is 11.5 Å². The van der Waals surface area contributed by atoms with Gasteiger partial charge in [-0.2, -0.15) is 0 Å². The van der Waals surface area contributed by atoms with Crippen LogP contribution in [0.4, 0.5) is 10.9 Å². The van der Waals surface area contributed by atoms with E-state index in [0.29, 0.717) is 11.6 Å². The van der Waals surface area contributed by atoms with Gasteiger partial charge in [0.1, 0.15) is 17.1 Å². The van der Waals surface area contributed by atoms with Crippen molar-refractivity contribution in [3.8, 4) is 11.5 Å². The molecule has 0 spiro atoms. The van der Waals surface area contributed by atoms with E-state index in [1.165, 1.54) is 11.3 Å².